The number of hydrogen-bond acceptors (Lipinski definition) is 3. The molecule has 1 aliphatic heterocycles. The van der Waals surface area contributed by atoms with Crippen LogP contribution in [-0.4, -0.2) is 35.8 Å². The van der Waals surface area contributed by atoms with E-state index >= 15 is 0 Å². The van der Waals surface area contributed by atoms with Crippen molar-refractivity contribution in [2.45, 2.75) is 57.6 Å². The highest BCUT2D eigenvalue weighted by Crippen LogP contribution is 2.37. The maximum absolute atomic E-state index is 9.69. The first kappa shape index (κ1) is 14.9. The van der Waals surface area contributed by atoms with Crippen molar-refractivity contribution >= 4 is 0 Å². The van der Waals surface area contributed by atoms with Crippen LogP contribution in [0.4, 0.5) is 0 Å². The molecule has 2 unspecified atom stereocenters. The second-order valence-electron chi connectivity index (χ2n) is 6.42. The Balaban J connectivity index is 1.72. The fourth-order valence-corrected chi connectivity index (χ4v) is 3.82. The maximum atomic E-state index is 9.69. The summed E-state index contributed by atoms with van der Waals surface area (Å²) >= 11 is 0. The Morgan fingerprint density at radius 2 is 2.19 bits per heavy atom. The zero-order valence-corrected chi connectivity index (χ0v) is 13.1. The van der Waals surface area contributed by atoms with E-state index in [1.165, 1.54) is 43.4 Å². The first-order valence-electron chi connectivity index (χ1n) is 8.45. The van der Waals surface area contributed by atoms with Gasteiger partial charge in [-0.2, -0.15) is 0 Å². The van der Waals surface area contributed by atoms with Crippen molar-refractivity contribution in [3.05, 3.63) is 29.3 Å². The van der Waals surface area contributed by atoms with Gasteiger partial charge in [-0.25, -0.2) is 0 Å². The lowest BCUT2D eigenvalue weighted by molar-refractivity contribution is -0.0151. The summed E-state index contributed by atoms with van der Waals surface area (Å²) in [7, 11) is 0. The number of benzene rings is 1. The van der Waals surface area contributed by atoms with Crippen molar-refractivity contribution in [1.29, 1.82) is 0 Å². The number of phenolic OH excluding ortho intramolecular Hbond substituents is 1. The average Bonchev–Trinajstić information content (AvgIpc) is 2.52. The highest BCUT2D eigenvalue weighted by molar-refractivity contribution is 5.38. The SMILES string of the molecule is CCCOC1CCCN(C2CCCc3cc(O)ccc32)C1. The Labute approximate surface area is 127 Å². The Morgan fingerprint density at radius 1 is 1.29 bits per heavy atom. The summed E-state index contributed by atoms with van der Waals surface area (Å²) in [5.74, 6) is 0.400. The highest BCUT2D eigenvalue weighted by atomic mass is 16.5. The molecule has 1 saturated heterocycles. The fraction of sp³-hybridized carbons (Fsp3) is 0.667. The van der Waals surface area contributed by atoms with E-state index in [4.69, 9.17) is 4.74 Å². The third-order valence-electron chi connectivity index (χ3n) is 4.82. The molecule has 0 bridgehead atoms. The van der Waals surface area contributed by atoms with Gasteiger partial charge in [0.2, 0.25) is 0 Å². The molecule has 0 saturated carbocycles. The van der Waals surface area contributed by atoms with Crippen LogP contribution in [0.5, 0.6) is 5.75 Å². The normalized spacial score (nSPS) is 26.5. The van der Waals surface area contributed by atoms with E-state index < -0.39 is 0 Å². The first-order valence-corrected chi connectivity index (χ1v) is 8.45. The average molecular weight is 289 g/mol. The molecule has 3 rings (SSSR count). The van der Waals surface area contributed by atoms with Crippen molar-refractivity contribution in [1.82, 2.24) is 4.90 Å². The van der Waals surface area contributed by atoms with Gasteiger partial charge in [-0.15, -0.1) is 0 Å². The molecule has 2 aliphatic rings. The minimum Gasteiger partial charge on any atom is -0.508 e. The zero-order valence-electron chi connectivity index (χ0n) is 13.1. The van der Waals surface area contributed by atoms with Crippen molar-refractivity contribution in [2.24, 2.45) is 0 Å². The van der Waals surface area contributed by atoms with Gasteiger partial charge in [-0.3, -0.25) is 4.90 Å². The lowest BCUT2D eigenvalue weighted by Gasteiger charge is -2.40. The molecule has 21 heavy (non-hydrogen) atoms. The molecule has 1 aliphatic carbocycles. The molecule has 0 radical (unpaired) electrons. The standard InChI is InChI=1S/C18H27NO2/c1-2-11-21-16-6-4-10-19(13-16)18-7-3-5-14-12-15(20)8-9-17(14)18/h8-9,12,16,18,20H,2-7,10-11,13H2,1H3. The van der Waals surface area contributed by atoms with Crippen LogP contribution in [-0.2, 0) is 11.2 Å². The molecule has 1 heterocycles. The third kappa shape index (κ3) is 3.41. The molecule has 1 fully saturated rings. The number of nitrogens with zero attached hydrogens (tertiary/aromatic N) is 1. The summed E-state index contributed by atoms with van der Waals surface area (Å²) in [5.41, 5.74) is 2.76. The molecule has 3 heteroatoms. The number of piperidine rings is 1. The van der Waals surface area contributed by atoms with Crippen molar-refractivity contribution < 1.29 is 9.84 Å². The summed E-state index contributed by atoms with van der Waals surface area (Å²) in [5, 5.41) is 9.69. The van der Waals surface area contributed by atoms with Crippen LogP contribution in [0.25, 0.3) is 0 Å². The Kier molecular flexibility index (Phi) is 4.81. The molecule has 0 aromatic heterocycles. The van der Waals surface area contributed by atoms with Crippen LogP contribution >= 0.6 is 0 Å². The number of hydrogen-bond donors (Lipinski definition) is 1. The van der Waals surface area contributed by atoms with E-state index in [0.717, 1.165) is 26.0 Å². The van der Waals surface area contributed by atoms with Gasteiger partial charge in [0.1, 0.15) is 5.75 Å². The lowest BCUT2D eigenvalue weighted by Crippen LogP contribution is -2.42. The van der Waals surface area contributed by atoms with Crippen molar-refractivity contribution in [2.75, 3.05) is 19.7 Å². The molecule has 116 valence electrons. The lowest BCUT2D eigenvalue weighted by atomic mass is 9.85. The van der Waals surface area contributed by atoms with Gasteiger partial charge in [0.15, 0.2) is 0 Å². The van der Waals surface area contributed by atoms with Crippen LogP contribution in [0.1, 0.15) is 56.2 Å². The van der Waals surface area contributed by atoms with E-state index in [0.29, 0.717) is 17.9 Å². The third-order valence-corrected chi connectivity index (χ3v) is 4.82. The smallest absolute Gasteiger partial charge is 0.115 e. The Hall–Kier alpha value is -1.06. The van der Waals surface area contributed by atoms with E-state index in [-0.39, 0.29) is 0 Å². The number of fused-ring (bicyclic) bond motifs is 1. The van der Waals surface area contributed by atoms with Gasteiger partial charge in [0.05, 0.1) is 6.10 Å². The molecular weight excluding hydrogens is 262 g/mol. The number of rotatable bonds is 4. The van der Waals surface area contributed by atoms with Gasteiger partial charge in [0, 0.05) is 19.2 Å². The molecule has 1 aromatic rings. The van der Waals surface area contributed by atoms with Crippen LogP contribution in [0.15, 0.2) is 18.2 Å². The Bertz CT molecular complexity index is 474. The van der Waals surface area contributed by atoms with Crippen LogP contribution in [0, 0.1) is 0 Å². The molecular formula is C18H27NO2. The maximum Gasteiger partial charge on any atom is 0.115 e. The number of phenols is 1. The van der Waals surface area contributed by atoms with Crippen LogP contribution < -0.4 is 0 Å². The summed E-state index contributed by atoms with van der Waals surface area (Å²) in [4.78, 5) is 2.61. The number of ether oxygens (including phenoxy) is 1. The summed E-state index contributed by atoms with van der Waals surface area (Å²) in [6, 6.07) is 6.44. The monoisotopic (exact) mass is 289 g/mol. The van der Waals surface area contributed by atoms with Crippen molar-refractivity contribution in [3.8, 4) is 5.75 Å². The fourth-order valence-electron chi connectivity index (χ4n) is 3.82. The first-order chi connectivity index (χ1) is 10.3. The van der Waals surface area contributed by atoms with Gasteiger partial charge >= 0.3 is 0 Å². The topological polar surface area (TPSA) is 32.7 Å². The van der Waals surface area contributed by atoms with Gasteiger partial charge in [-0.1, -0.05) is 13.0 Å². The highest BCUT2D eigenvalue weighted by Gasteiger charge is 2.30. The number of aromatic hydroxyl groups is 1. The predicted octanol–water partition coefficient (Wildman–Crippen LogP) is 3.66. The molecule has 1 N–H and O–H groups in total. The van der Waals surface area contributed by atoms with Gasteiger partial charge < -0.3 is 9.84 Å². The van der Waals surface area contributed by atoms with Gasteiger partial charge in [0.25, 0.3) is 0 Å². The molecule has 0 amide bonds. The molecule has 3 nitrogen and oxygen atoms in total. The predicted molar refractivity (Wildman–Crippen MR) is 84.6 cm³/mol. The minimum atomic E-state index is 0.400. The molecule has 0 spiro atoms. The van der Waals surface area contributed by atoms with E-state index in [1.54, 1.807) is 0 Å². The zero-order chi connectivity index (χ0) is 14.7. The second kappa shape index (κ2) is 6.80. The quantitative estimate of drug-likeness (QED) is 0.918. The number of likely N-dealkylation sites (tertiary alicyclic amines) is 1. The minimum absolute atomic E-state index is 0.400. The van der Waals surface area contributed by atoms with Gasteiger partial charge in [-0.05, 0) is 68.3 Å². The Morgan fingerprint density at radius 3 is 3.05 bits per heavy atom. The van der Waals surface area contributed by atoms with Crippen LogP contribution in [0.3, 0.4) is 0 Å². The van der Waals surface area contributed by atoms with E-state index in [9.17, 15) is 5.11 Å². The van der Waals surface area contributed by atoms with Crippen LogP contribution in [0.2, 0.25) is 0 Å². The summed E-state index contributed by atoms with van der Waals surface area (Å²) in [6.07, 6.45) is 7.49. The second-order valence-corrected chi connectivity index (χ2v) is 6.42. The summed E-state index contributed by atoms with van der Waals surface area (Å²) in [6.45, 7) is 5.29. The van der Waals surface area contributed by atoms with E-state index in [2.05, 4.69) is 17.9 Å². The molecule has 1 aromatic carbocycles. The summed E-state index contributed by atoms with van der Waals surface area (Å²) < 4.78 is 5.98. The number of aryl methyl sites for hydroxylation is 1. The van der Waals surface area contributed by atoms with Crippen molar-refractivity contribution in [3.63, 3.8) is 0 Å². The molecule has 2 atom stereocenters. The largest absolute Gasteiger partial charge is 0.508 e. The van der Waals surface area contributed by atoms with E-state index in [1.807, 2.05) is 12.1 Å².